The van der Waals surface area contributed by atoms with Gasteiger partial charge in [0.2, 0.25) is 0 Å². The first kappa shape index (κ1) is 11.0. The van der Waals surface area contributed by atoms with Crippen molar-refractivity contribution in [1.82, 2.24) is 0 Å². The van der Waals surface area contributed by atoms with Gasteiger partial charge in [-0.05, 0) is 44.9 Å². The van der Waals surface area contributed by atoms with Gasteiger partial charge in [0.25, 0.3) is 5.91 Å². The lowest BCUT2D eigenvalue weighted by Gasteiger charge is -2.39. The minimum absolute atomic E-state index is 0.104. The second kappa shape index (κ2) is 3.24. The highest BCUT2D eigenvalue weighted by Crippen LogP contribution is 2.37. The number of likely N-dealkylation sites (N-methyl/N-ethyl adjacent to an activating group) is 1. The Labute approximate surface area is 96.5 Å². The van der Waals surface area contributed by atoms with Gasteiger partial charge in [-0.2, -0.15) is 0 Å². The Balaban J connectivity index is 2.64. The number of benzene rings is 1. The van der Waals surface area contributed by atoms with Gasteiger partial charge in [-0.15, -0.1) is 0 Å². The van der Waals surface area contributed by atoms with Crippen molar-refractivity contribution in [2.24, 2.45) is 0 Å². The molecule has 1 aromatic carbocycles. The first-order chi connectivity index (χ1) is 7.33. The molecule has 0 saturated carbocycles. The smallest absolute Gasteiger partial charge is 0.251 e. The van der Waals surface area contributed by atoms with Crippen LogP contribution in [-0.4, -0.2) is 18.5 Å². The van der Waals surface area contributed by atoms with Gasteiger partial charge in [0.05, 0.1) is 11.4 Å². The molecule has 1 aliphatic rings. The van der Waals surface area contributed by atoms with E-state index in [2.05, 4.69) is 24.4 Å². The van der Waals surface area contributed by atoms with Gasteiger partial charge in [-0.25, -0.2) is 0 Å². The minimum atomic E-state index is -0.526. The molecule has 1 aliphatic heterocycles. The number of fused-ring (bicyclic) bond motifs is 1. The largest absolute Gasteiger partial charge is 0.370 e. The third kappa shape index (κ3) is 1.47. The number of carbonyl (C=O) groups excluding carboxylic acids is 1. The van der Waals surface area contributed by atoms with E-state index in [-0.39, 0.29) is 5.91 Å². The normalized spacial score (nSPS) is 18.1. The Morgan fingerprint density at radius 3 is 2.50 bits per heavy atom. The van der Waals surface area contributed by atoms with Crippen LogP contribution < -0.4 is 10.2 Å². The summed E-state index contributed by atoms with van der Waals surface area (Å²) in [6.07, 6.45) is 0. The summed E-state index contributed by atoms with van der Waals surface area (Å²) in [6.45, 7) is 7.92. The summed E-state index contributed by atoms with van der Waals surface area (Å²) in [5, 5.41) is 3.31. The van der Waals surface area contributed by atoms with Crippen LogP contribution in [0.15, 0.2) is 12.1 Å². The van der Waals surface area contributed by atoms with Crippen LogP contribution in [-0.2, 0) is 4.79 Å². The van der Waals surface area contributed by atoms with Gasteiger partial charge in [0, 0.05) is 7.05 Å². The van der Waals surface area contributed by atoms with Gasteiger partial charge < -0.3 is 10.2 Å². The lowest BCUT2D eigenvalue weighted by Crippen LogP contribution is -2.52. The van der Waals surface area contributed by atoms with Crippen LogP contribution in [0.3, 0.4) is 0 Å². The predicted octanol–water partition coefficient (Wildman–Crippen LogP) is 2.47. The van der Waals surface area contributed by atoms with E-state index in [9.17, 15) is 4.79 Å². The van der Waals surface area contributed by atoms with Gasteiger partial charge in [0.1, 0.15) is 5.54 Å². The van der Waals surface area contributed by atoms with E-state index in [1.54, 1.807) is 4.90 Å². The lowest BCUT2D eigenvalue weighted by molar-refractivity contribution is -0.121. The number of amides is 1. The van der Waals surface area contributed by atoms with E-state index in [0.717, 1.165) is 16.9 Å². The maximum atomic E-state index is 12.1. The fraction of sp³-hybridized carbons (Fsp3) is 0.462. The number of carbonyl (C=O) groups is 1. The number of hydrogen-bond donors (Lipinski definition) is 1. The Hall–Kier alpha value is -1.51. The van der Waals surface area contributed by atoms with Crippen LogP contribution in [0.1, 0.15) is 25.0 Å². The molecule has 3 heteroatoms. The van der Waals surface area contributed by atoms with Gasteiger partial charge in [0.15, 0.2) is 0 Å². The van der Waals surface area contributed by atoms with Gasteiger partial charge in [-0.1, -0.05) is 6.07 Å². The molecule has 0 fully saturated rings. The number of aryl methyl sites for hydroxylation is 2. The van der Waals surface area contributed by atoms with Crippen molar-refractivity contribution in [2.75, 3.05) is 17.3 Å². The maximum Gasteiger partial charge on any atom is 0.251 e. The van der Waals surface area contributed by atoms with Crippen LogP contribution >= 0.6 is 0 Å². The molecule has 0 bridgehead atoms. The third-order valence-electron chi connectivity index (χ3n) is 3.07. The lowest BCUT2D eigenvalue weighted by atomic mass is 9.96. The zero-order valence-electron chi connectivity index (χ0n) is 10.5. The Morgan fingerprint density at radius 2 is 1.88 bits per heavy atom. The van der Waals surface area contributed by atoms with Crippen LogP contribution in [0.25, 0.3) is 0 Å². The van der Waals surface area contributed by atoms with Crippen molar-refractivity contribution in [2.45, 2.75) is 33.2 Å². The molecule has 2 rings (SSSR count). The SMILES string of the molecule is Cc1cc(C)c2c(c1)NC(C)(C)C(=O)N2C. The molecule has 0 radical (unpaired) electrons. The quantitative estimate of drug-likeness (QED) is 0.725. The molecule has 0 atom stereocenters. The number of hydrogen-bond acceptors (Lipinski definition) is 2. The van der Waals surface area contributed by atoms with E-state index in [0.29, 0.717) is 0 Å². The topological polar surface area (TPSA) is 32.3 Å². The van der Waals surface area contributed by atoms with Gasteiger partial charge >= 0.3 is 0 Å². The van der Waals surface area contributed by atoms with Crippen LogP contribution in [0.2, 0.25) is 0 Å². The van der Waals surface area contributed by atoms with Crippen molar-refractivity contribution in [3.05, 3.63) is 23.3 Å². The monoisotopic (exact) mass is 218 g/mol. The highest BCUT2D eigenvalue weighted by molar-refractivity contribution is 6.07. The number of nitrogens with one attached hydrogen (secondary N) is 1. The fourth-order valence-corrected chi connectivity index (χ4v) is 2.41. The summed E-state index contributed by atoms with van der Waals surface area (Å²) < 4.78 is 0. The number of anilines is 2. The molecule has 1 aromatic rings. The average molecular weight is 218 g/mol. The zero-order valence-corrected chi connectivity index (χ0v) is 10.5. The van der Waals surface area contributed by atoms with E-state index in [1.807, 2.05) is 27.8 Å². The standard InChI is InChI=1S/C13H18N2O/c1-8-6-9(2)11-10(7-8)14-13(3,4)12(16)15(11)5/h6-7,14H,1-5H3. The molecule has 0 saturated heterocycles. The average Bonchev–Trinajstić information content (AvgIpc) is 2.12. The summed E-state index contributed by atoms with van der Waals surface area (Å²) in [7, 11) is 1.84. The molecule has 86 valence electrons. The van der Waals surface area contributed by atoms with Crippen molar-refractivity contribution >= 4 is 17.3 Å². The van der Waals surface area contributed by atoms with E-state index in [1.165, 1.54) is 5.56 Å². The second-order valence-electron chi connectivity index (χ2n) is 5.09. The van der Waals surface area contributed by atoms with Crippen molar-refractivity contribution < 1.29 is 4.79 Å². The molecule has 3 nitrogen and oxygen atoms in total. The van der Waals surface area contributed by atoms with Crippen LogP contribution in [0.5, 0.6) is 0 Å². The zero-order chi connectivity index (χ0) is 12.1. The van der Waals surface area contributed by atoms with Crippen molar-refractivity contribution in [1.29, 1.82) is 0 Å². The summed E-state index contributed by atoms with van der Waals surface area (Å²) >= 11 is 0. The first-order valence-electron chi connectivity index (χ1n) is 5.50. The number of nitrogens with zero attached hydrogens (tertiary/aromatic N) is 1. The van der Waals surface area contributed by atoms with Crippen molar-refractivity contribution in [3.63, 3.8) is 0 Å². The highest BCUT2D eigenvalue weighted by atomic mass is 16.2. The molecule has 16 heavy (non-hydrogen) atoms. The number of rotatable bonds is 0. The molecule has 0 unspecified atom stereocenters. The highest BCUT2D eigenvalue weighted by Gasteiger charge is 2.37. The third-order valence-corrected chi connectivity index (χ3v) is 3.07. The first-order valence-corrected chi connectivity index (χ1v) is 5.50. The molecule has 1 N–H and O–H groups in total. The Bertz CT molecular complexity index is 463. The van der Waals surface area contributed by atoms with Crippen LogP contribution in [0.4, 0.5) is 11.4 Å². The molecule has 0 aromatic heterocycles. The second-order valence-corrected chi connectivity index (χ2v) is 5.09. The molecule has 0 aliphatic carbocycles. The van der Waals surface area contributed by atoms with Gasteiger partial charge in [-0.3, -0.25) is 4.79 Å². The summed E-state index contributed by atoms with van der Waals surface area (Å²) in [4.78, 5) is 13.9. The Morgan fingerprint density at radius 1 is 1.25 bits per heavy atom. The molecule has 1 heterocycles. The summed E-state index contributed by atoms with van der Waals surface area (Å²) in [6, 6.07) is 4.19. The van der Waals surface area contributed by atoms with E-state index in [4.69, 9.17) is 0 Å². The van der Waals surface area contributed by atoms with E-state index < -0.39 is 5.54 Å². The molecular weight excluding hydrogens is 200 g/mol. The summed E-state index contributed by atoms with van der Waals surface area (Å²) in [5.74, 6) is 0.104. The molecular formula is C13H18N2O. The molecule has 1 amide bonds. The Kier molecular flexibility index (Phi) is 2.22. The molecule has 0 spiro atoms. The minimum Gasteiger partial charge on any atom is -0.370 e. The van der Waals surface area contributed by atoms with E-state index >= 15 is 0 Å². The fourth-order valence-electron chi connectivity index (χ4n) is 2.41. The summed E-state index contributed by atoms with van der Waals surface area (Å²) in [5.41, 5.74) is 3.86. The van der Waals surface area contributed by atoms with Crippen molar-refractivity contribution in [3.8, 4) is 0 Å². The predicted molar refractivity (Wildman–Crippen MR) is 67.0 cm³/mol. The van der Waals surface area contributed by atoms with Crippen LogP contribution in [0, 0.1) is 13.8 Å². The maximum absolute atomic E-state index is 12.1.